The van der Waals surface area contributed by atoms with Crippen LogP contribution in [0.25, 0.3) is 6.08 Å². The van der Waals surface area contributed by atoms with Gasteiger partial charge in [0.15, 0.2) is 19.7 Å². The molecule has 6 nitrogen and oxygen atoms in total. The zero-order chi connectivity index (χ0) is 17.5. The summed E-state index contributed by atoms with van der Waals surface area (Å²) in [6.45, 7) is 4.12. The standard InChI is InChI=1S/C12H15ClO6S3/c1-6(2)22(18,19)10-9(13)8(5-7(3)11(14)15)20-12(10)21(4,16)17/h5-6H,1-4H3,(H,14,15). The van der Waals surface area contributed by atoms with Gasteiger partial charge >= 0.3 is 5.97 Å². The van der Waals surface area contributed by atoms with Gasteiger partial charge in [-0.2, -0.15) is 0 Å². The highest BCUT2D eigenvalue weighted by molar-refractivity contribution is 7.96. The van der Waals surface area contributed by atoms with E-state index in [1.807, 2.05) is 0 Å². The summed E-state index contributed by atoms with van der Waals surface area (Å²) in [6, 6.07) is 0. The quantitative estimate of drug-likeness (QED) is 0.779. The van der Waals surface area contributed by atoms with Crippen LogP contribution in [-0.2, 0) is 24.5 Å². The van der Waals surface area contributed by atoms with Gasteiger partial charge in [-0.05, 0) is 26.8 Å². The number of halogens is 1. The van der Waals surface area contributed by atoms with Gasteiger partial charge in [-0.3, -0.25) is 0 Å². The molecule has 0 aliphatic heterocycles. The van der Waals surface area contributed by atoms with Crippen molar-refractivity contribution in [3.05, 3.63) is 15.5 Å². The van der Waals surface area contributed by atoms with Crippen LogP contribution in [0, 0.1) is 0 Å². The smallest absolute Gasteiger partial charge is 0.331 e. The van der Waals surface area contributed by atoms with Crippen LogP contribution >= 0.6 is 22.9 Å². The average molecular weight is 387 g/mol. The van der Waals surface area contributed by atoms with Crippen molar-refractivity contribution >= 4 is 54.7 Å². The van der Waals surface area contributed by atoms with E-state index in [4.69, 9.17) is 16.7 Å². The average Bonchev–Trinajstić information content (AvgIpc) is 2.66. The summed E-state index contributed by atoms with van der Waals surface area (Å²) in [5.41, 5.74) is -0.0864. The first-order chi connectivity index (χ1) is 9.80. The van der Waals surface area contributed by atoms with Crippen molar-refractivity contribution in [2.24, 2.45) is 0 Å². The van der Waals surface area contributed by atoms with E-state index < -0.39 is 35.8 Å². The molecule has 0 amide bonds. The lowest BCUT2D eigenvalue weighted by molar-refractivity contribution is -0.132. The zero-order valence-electron chi connectivity index (χ0n) is 12.2. The predicted molar refractivity (Wildman–Crippen MR) is 86.0 cm³/mol. The molecule has 0 aliphatic carbocycles. The summed E-state index contributed by atoms with van der Waals surface area (Å²) >= 11 is 6.69. The number of rotatable bonds is 5. The Kier molecular flexibility index (Phi) is 5.49. The van der Waals surface area contributed by atoms with Gasteiger partial charge in [-0.15, -0.1) is 11.3 Å². The minimum Gasteiger partial charge on any atom is -0.478 e. The zero-order valence-corrected chi connectivity index (χ0v) is 15.5. The minimum absolute atomic E-state index is 0.0845. The van der Waals surface area contributed by atoms with E-state index in [2.05, 4.69) is 0 Å². The summed E-state index contributed by atoms with van der Waals surface area (Å²) in [6.07, 6.45) is 2.04. The molecule has 0 radical (unpaired) electrons. The first-order valence-corrected chi connectivity index (χ1v) is 10.6. The first kappa shape index (κ1) is 19.1. The number of sulfone groups is 2. The molecule has 1 heterocycles. The molecule has 0 fully saturated rings. The second kappa shape index (κ2) is 6.31. The van der Waals surface area contributed by atoms with Crippen molar-refractivity contribution < 1.29 is 26.7 Å². The third-order valence-electron chi connectivity index (χ3n) is 2.73. The fourth-order valence-corrected chi connectivity index (χ4v) is 6.70. The lowest BCUT2D eigenvalue weighted by atomic mass is 10.2. The van der Waals surface area contributed by atoms with Crippen LogP contribution in [-0.4, -0.2) is 39.4 Å². The fourth-order valence-electron chi connectivity index (χ4n) is 1.46. The molecule has 22 heavy (non-hydrogen) atoms. The number of hydrogen-bond donors (Lipinski definition) is 1. The molecule has 1 aromatic rings. The Morgan fingerprint density at radius 2 is 1.77 bits per heavy atom. The van der Waals surface area contributed by atoms with Gasteiger partial charge in [0.2, 0.25) is 0 Å². The number of carbonyl (C=O) groups is 1. The van der Waals surface area contributed by atoms with Crippen LogP contribution in [0.5, 0.6) is 0 Å². The lowest BCUT2D eigenvalue weighted by Crippen LogP contribution is -2.16. The second-order valence-electron chi connectivity index (χ2n) is 4.90. The van der Waals surface area contributed by atoms with E-state index in [9.17, 15) is 21.6 Å². The summed E-state index contributed by atoms with van der Waals surface area (Å²) in [5, 5.41) is 7.75. The van der Waals surface area contributed by atoms with Crippen molar-refractivity contribution in [1.82, 2.24) is 0 Å². The van der Waals surface area contributed by atoms with E-state index >= 15 is 0 Å². The molecule has 1 rings (SSSR count). The number of aliphatic carboxylic acids is 1. The molecule has 0 atom stereocenters. The molecule has 0 spiro atoms. The molecule has 10 heteroatoms. The maximum absolute atomic E-state index is 12.4. The Morgan fingerprint density at radius 1 is 1.27 bits per heavy atom. The summed E-state index contributed by atoms with van der Waals surface area (Å²) in [4.78, 5) is 10.5. The van der Waals surface area contributed by atoms with E-state index in [0.29, 0.717) is 11.3 Å². The van der Waals surface area contributed by atoms with Gasteiger partial charge in [-0.1, -0.05) is 11.6 Å². The third-order valence-corrected chi connectivity index (χ3v) is 8.79. The highest BCUT2D eigenvalue weighted by atomic mass is 35.5. The monoisotopic (exact) mass is 386 g/mol. The Morgan fingerprint density at radius 3 is 2.14 bits per heavy atom. The number of carboxylic acids is 1. The molecule has 0 saturated carbocycles. The minimum atomic E-state index is -3.93. The van der Waals surface area contributed by atoms with Crippen LogP contribution in [0.3, 0.4) is 0 Å². The fraction of sp³-hybridized carbons (Fsp3) is 0.417. The van der Waals surface area contributed by atoms with Crippen LogP contribution < -0.4 is 0 Å². The maximum atomic E-state index is 12.4. The van der Waals surface area contributed by atoms with Crippen molar-refractivity contribution in [3.63, 3.8) is 0 Å². The lowest BCUT2D eigenvalue weighted by Gasteiger charge is -2.08. The van der Waals surface area contributed by atoms with Crippen molar-refractivity contribution in [2.75, 3.05) is 6.26 Å². The molecule has 0 saturated heterocycles. The predicted octanol–water partition coefficient (Wildman–Crippen LogP) is 2.48. The van der Waals surface area contributed by atoms with E-state index in [-0.39, 0.29) is 19.7 Å². The van der Waals surface area contributed by atoms with Crippen molar-refractivity contribution in [1.29, 1.82) is 0 Å². The molecule has 0 unspecified atom stereocenters. The first-order valence-electron chi connectivity index (χ1n) is 5.98. The Balaban J connectivity index is 3.82. The third kappa shape index (κ3) is 3.70. The number of carboxylic acid groups (broad SMARTS) is 1. The van der Waals surface area contributed by atoms with Crippen LogP contribution in [0.15, 0.2) is 14.7 Å². The molecule has 0 aromatic carbocycles. The summed E-state index contributed by atoms with van der Waals surface area (Å²) in [7, 11) is -7.76. The SMILES string of the molecule is CC(=Cc1sc(S(C)(=O)=O)c(S(=O)(=O)C(C)C)c1Cl)C(=O)O. The van der Waals surface area contributed by atoms with Crippen molar-refractivity contribution in [2.45, 2.75) is 35.1 Å². The summed E-state index contributed by atoms with van der Waals surface area (Å²) < 4.78 is 48.1. The molecule has 124 valence electrons. The molecule has 1 N–H and O–H groups in total. The molecule has 0 aliphatic rings. The topological polar surface area (TPSA) is 106 Å². The Hall–Kier alpha value is -0.900. The van der Waals surface area contributed by atoms with E-state index in [1.165, 1.54) is 20.8 Å². The Labute approximate surface area is 138 Å². The molecule has 0 bridgehead atoms. The highest BCUT2D eigenvalue weighted by Crippen LogP contribution is 2.41. The van der Waals surface area contributed by atoms with Crippen LogP contribution in [0.2, 0.25) is 5.02 Å². The van der Waals surface area contributed by atoms with Crippen molar-refractivity contribution in [3.8, 4) is 0 Å². The largest absolute Gasteiger partial charge is 0.478 e. The van der Waals surface area contributed by atoms with E-state index in [0.717, 1.165) is 12.3 Å². The molecular weight excluding hydrogens is 372 g/mol. The van der Waals surface area contributed by atoms with Gasteiger partial charge in [-0.25, -0.2) is 21.6 Å². The van der Waals surface area contributed by atoms with E-state index in [1.54, 1.807) is 0 Å². The normalized spacial score (nSPS) is 13.6. The maximum Gasteiger partial charge on any atom is 0.331 e. The van der Waals surface area contributed by atoms with Gasteiger partial charge in [0.1, 0.15) is 9.10 Å². The number of thiophene rings is 1. The summed E-state index contributed by atoms with van der Waals surface area (Å²) in [5.74, 6) is -1.21. The second-order valence-corrected chi connectivity index (χ2v) is 11.0. The van der Waals surface area contributed by atoms with Crippen LogP contribution in [0.1, 0.15) is 25.6 Å². The van der Waals surface area contributed by atoms with Crippen LogP contribution in [0.4, 0.5) is 0 Å². The van der Waals surface area contributed by atoms with Gasteiger partial charge in [0, 0.05) is 16.7 Å². The number of hydrogen-bond acceptors (Lipinski definition) is 6. The highest BCUT2D eigenvalue weighted by Gasteiger charge is 2.33. The van der Waals surface area contributed by atoms with Gasteiger partial charge < -0.3 is 5.11 Å². The van der Waals surface area contributed by atoms with Gasteiger partial charge in [0.25, 0.3) is 0 Å². The van der Waals surface area contributed by atoms with Gasteiger partial charge in [0.05, 0.1) is 10.3 Å². The molecule has 1 aromatic heterocycles. The molecular formula is C12H15ClO6S3. The Bertz CT molecular complexity index is 844.